The monoisotopic (exact) mass is 333 g/mol. The van der Waals surface area contributed by atoms with Crippen molar-refractivity contribution in [3.63, 3.8) is 0 Å². The molecule has 0 unspecified atom stereocenters. The third kappa shape index (κ3) is 4.53. The predicted octanol–water partition coefficient (Wildman–Crippen LogP) is 0.698. The summed E-state index contributed by atoms with van der Waals surface area (Å²) in [7, 11) is 0. The molecule has 0 saturated carbocycles. The van der Waals surface area contributed by atoms with Gasteiger partial charge in [-0.2, -0.15) is 0 Å². The lowest BCUT2D eigenvalue weighted by atomic mass is 10.0. The number of nitrogens with zero attached hydrogens (tertiary/aromatic N) is 3. The highest BCUT2D eigenvalue weighted by Gasteiger charge is 2.31. The number of pyridine rings is 1. The van der Waals surface area contributed by atoms with Crippen LogP contribution in [0.2, 0.25) is 0 Å². The molecule has 0 bridgehead atoms. The summed E-state index contributed by atoms with van der Waals surface area (Å²) >= 11 is 0. The molecule has 2 aliphatic rings. The third-order valence-corrected chi connectivity index (χ3v) is 5.05. The average molecular weight is 333 g/mol. The van der Waals surface area contributed by atoms with Crippen LogP contribution >= 0.6 is 0 Å². The Morgan fingerprint density at radius 2 is 2.04 bits per heavy atom. The number of hydrogen-bond acceptors (Lipinski definition) is 5. The molecule has 6 nitrogen and oxygen atoms in total. The summed E-state index contributed by atoms with van der Waals surface area (Å²) < 4.78 is 5.40. The molecular weight excluding hydrogens is 306 g/mol. The Labute approximate surface area is 143 Å². The molecule has 3 rings (SSSR count). The first-order chi connectivity index (χ1) is 11.7. The van der Waals surface area contributed by atoms with Gasteiger partial charge in [0.15, 0.2) is 0 Å². The lowest BCUT2D eigenvalue weighted by Gasteiger charge is -2.36. The second kappa shape index (κ2) is 8.55. The largest absolute Gasteiger partial charge is 0.391 e. The molecule has 0 radical (unpaired) electrons. The zero-order chi connectivity index (χ0) is 16.8. The van der Waals surface area contributed by atoms with E-state index in [4.69, 9.17) is 4.74 Å². The van der Waals surface area contributed by atoms with Gasteiger partial charge in [-0.25, -0.2) is 0 Å². The van der Waals surface area contributed by atoms with Gasteiger partial charge in [-0.1, -0.05) is 6.07 Å². The normalized spacial score (nSPS) is 26.1. The standard InChI is InChI=1S/C18H27N3O3/c22-17-6-9-21(8-5-16(17)20-10-12-24-13-11-20)18(23)4-3-15-2-1-7-19-14-15/h1-2,7,14,16-17,22H,3-6,8-13H2/t16-,17-/m0/s1. The van der Waals surface area contributed by atoms with Gasteiger partial charge in [0.25, 0.3) is 0 Å². The molecule has 0 spiro atoms. The van der Waals surface area contributed by atoms with E-state index in [1.54, 1.807) is 6.20 Å². The van der Waals surface area contributed by atoms with Crippen LogP contribution in [0.3, 0.4) is 0 Å². The molecule has 1 aromatic heterocycles. The fraction of sp³-hybridized carbons (Fsp3) is 0.667. The van der Waals surface area contributed by atoms with Crippen molar-refractivity contribution in [2.45, 2.75) is 37.8 Å². The van der Waals surface area contributed by atoms with Crippen molar-refractivity contribution < 1.29 is 14.6 Å². The Morgan fingerprint density at radius 3 is 2.79 bits per heavy atom. The van der Waals surface area contributed by atoms with Gasteiger partial charge in [-0.3, -0.25) is 14.7 Å². The predicted molar refractivity (Wildman–Crippen MR) is 90.6 cm³/mol. The van der Waals surface area contributed by atoms with Crippen LogP contribution in [0, 0.1) is 0 Å². The van der Waals surface area contributed by atoms with Gasteiger partial charge in [-0.05, 0) is 30.9 Å². The molecule has 2 saturated heterocycles. The van der Waals surface area contributed by atoms with E-state index in [1.807, 2.05) is 23.2 Å². The molecule has 3 heterocycles. The highest BCUT2D eigenvalue weighted by Crippen LogP contribution is 2.19. The van der Waals surface area contributed by atoms with Crippen LogP contribution in [0.5, 0.6) is 0 Å². The fourth-order valence-corrected chi connectivity index (χ4v) is 3.61. The molecule has 1 N–H and O–H groups in total. The summed E-state index contributed by atoms with van der Waals surface area (Å²) in [6, 6.07) is 4.04. The van der Waals surface area contributed by atoms with Crippen LogP contribution in [0.15, 0.2) is 24.5 Å². The van der Waals surface area contributed by atoms with Gasteiger partial charge in [0.1, 0.15) is 0 Å². The smallest absolute Gasteiger partial charge is 0.222 e. The lowest BCUT2D eigenvalue weighted by Crippen LogP contribution is -2.49. The number of morpholine rings is 1. The minimum atomic E-state index is -0.362. The van der Waals surface area contributed by atoms with E-state index in [9.17, 15) is 9.90 Å². The van der Waals surface area contributed by atoms with E-state index in [0.29, 0.717) is 19.4 Å². The SMILES string of the molecule is O=C(CCc1cccnc1)N1CC[C@H](O)[C@@H](N2CCOCC2)CC1. The molecule has 2 fully saturated rings. The van der Waals surface area contributed by atoms with E-state index in [2.05, 4.69) is 9.88 Å². The summed E-state index contributed by atoms with van der Waals surface area (Å²) in [4.78, 5) is 20.8. The summed E-state index contributed by atoms with van der Waals surface area (Å²) in [6.45, 7) is 4.58. The van der Waals surface area contributed by atoms with E-state index in [1.165, 1.54) is 0 Å². The van der Waals surface area contributed by atoms with Gasteiger partial charge < -0.3 is 14.7 Å². The topological polar surface area (TPSA) is 65.9 Å². The second-order valence-corrected chi connectivity index (χ2v) is 6.60. The van der Waals surface area contributed by atoms with Gasteiger partial charge in [0.2, 0.25) is 5.91 Å². The minimum absolute atomic E-state index is 0.144. The first-order valence-electron chi connectivity index (χ1n) is 8.90. The number of aliphatic hydroxyl groups is 1. The Kier molecular flexibility index (Phi) is 6.18. The maximum atomic E-state index is 12.5. The molecule has 6 heteroatoms. The fourth-order valence-electron chi connectivity index (χ4n) is 3.61. The van der Waals surface area contributed by atoms with Crippen molar-refractivity contribution in [1.82, 2.24) is 14.8 Å². The van der Waals surface area contributed by atoms with Crippen LogP contribution in [0.25, 0.3) is 0 Å². The molecular formula is C18H27N3O3. The third-order valence-electron chi connectivity index (χ3n) is 5.05. The van der Waals surface area contributed by atoms with Gasteiger partial charge in [0, 0.05) is 51.0 Å². The van der Waals surface area contributed by atoms with Crippen LogP contribution in [0.1, 0.15) is 24.8 Å². The van der Waals surface area contributed by atoms with Crippen molar-refractivity contribution in [3.05, 3.63) is 30.1 Å². The number of aliphatic hydroxyl groups excluding tert-OH is 1. The Balaban J connectivity index is 1.51. The van der Waals surface area contributed by atoms with Crippen LogP contribution in [-0.4, -0.2) is 77.3 Å². The van der Waals surface area contributed by atoms with Crippen molar-refractivity contribution in [1.29, 1.82) is 0 Å². The zero-order valence-corrected chi connectivity index (χ0v) is 14.1. The number of rotatable bonds is 4. The highest BCUT2D eigenvalue weighted by molar-refractivity contribution is 5.76. The van der Waals surface area contributed by atoms with Crippen molar-refractivity contribution >= 4 is 5.91 Å². The number of carbonyl (C=O) groups is 1. The lowest BCUT2D eigenvalue weighted by molar-refractivity contribution is -0.131. The molecule has 1 amide bonds. The molecule has 132 valence electrons. The van der Waals surface area contributed by atoms with E-state index in [0.717, 1.165) is 51.3 Å². The van der Waals surface area contributed by atoms with Gasteiger partial charge in [-0.15, -0.1) is 0 Å². The summed E-state index contributed by atoms with van der Waals surface area (Å²) in [6.07, 6.45) is 5.91. The molecule has 24 heavy (non-hydrogen) atoms. The first kappa shape index (κ1) is 17.3. The second-order valence-electron chi connectivity index (χ2n) is 6.60. The maximum absolute atomic E-state index is 12.5. The summed E-state index contributed by atoms with van der Waals surface area (Å²) in [5.41, 5.74) is 1.09. The van der Waals surface area contributed by atoms with E-state index >= 15 is 0 Å². The summed E-state index contributed by atoms with van der Waals surface area (Å²) in [5.74, 6) is 0.175. The van der Waals surface area contributed by atoms with Crippen molar-refractivity contribution in [2.75, 3.05) is 39.4 Å². The van der Waals surface area contributed by atoms with Crippen molar-refractivity contribution in [2.24, 2.45) is 0 Å². The number of hydrogen-bond donors (Lipinski definition) is 1. The number of aryl methyl sites for hydroxylation is 1. The van der Waals surface area contributed by atoms with E-state index in [-0.39, 0.29) is 18.1 Å². The minimum Gasteiger partial charge on any atom is -0.391 e. The van der Waals surface area contributed by atoms with Gasteiger partial charge in [0.05, 0.1) is 19.3 Å². The van der Waals surface area contributed by atoms with E-state index < -0.39 is 0 Å². The average Bonchev–Trinajstić information content (AvgIpc) is 2.83. The molecule has 2 atom stereocenters. The Hall–Kier alpha value is -1.50. The quantitative estimate of drug-likeness (QED) is 0.879. The molecule has 0 aromatic carbocycles. The first-order valence-corrected chi connectivity index (χ1v) is 8.90. The zero-order valence-electron chi connectivity index (χ0n) is 14.1. The van der Waals surface area contributed by atoms with Gasteiger partial charge >= 0.3 is 0 Å². The highest BCUT2D eigenvalue weighted by atomic mass is 16.5. The Bertz CT molecular complexity index is 520. The number of ether oxygens (including phenoxy) is 1. The number of aromatic nitrogens is 1. The molecule has 2 aliphatic heterocycles. The molecule has 1 aromatic rings. The van der Waals surface area contributed by atoms with Crippen LogP contribution in [-0.2, 0) is 16.0 Å². The van der Waals surface area contributed by atoms with Crippen LogP contribution in [0.4, 0.5) is 0 Å². The Morgan fingerprint density at radius 1 is 1.25 bits per heavy atom. The maximum Gasteiger partial charge on any atom is 0.222 e. The number of likely N-dealkylation sites (tertiary alicyclic amines) is 1. The summed E-state index contributed by atoms with van der Waals surface area (Å²) in [5, 5.41) is 10.5. The van der Waals surface area contributed by atoms with Crippen LogP contribution < -0.4 is 0 Å². The number of carbonyl (C=O) groups excluding carboxylic acids is 1. The van der Waals surface area contributed by atoms with Crippen molar-refractivity contribution in [3.8, 4) is 0 Å². The number of amides is 1. The molecule has 0 aliphatic carbocycles.